The summed E-state index contributed by atoms with van der Waals surface area (Å²) in [5.74, 6) is -0.164. The summed E-state index contributed by atoms with van der Waals surface area (Å²) < 4.78 is 13.1. The first-order valence-electron chi connectivity index (χ1n) is 8.82. The van der Waals surface area contributed by atoms with Crippen LogP contribution >= 0.6 is 0 Å². The Labute approximate surface area is 154 Å². The molecule has 7 nitrogen and oxygen atoms in total. The Hall–Kier alpha value is -3.29. The second-order valence-corrected chi connectivity index (χ2v) is 6.92. The van der Waals surface area contributed by atoms with Crippen LogP contribution in [-0.4, -0.2) is 33.6 Å². The lowest BCUT2D eigenvalue weighted by Gasteiger charge is -2.11. The molecule has 0 spiro atoms. The van der Waals surface area contributed by atoms with Crippen molar-refractivity contribution in [2.45, 2.75) is 19.0 Å². The van der Waals surface area contributed by atoms with Crippen molar-refractivity contribution < 1.29 is 9.18 Å². The number of alkyl halides is 1. The second kappa shape index (κ2) is 5.87. The molecule has 27 heavy (non-hydrogen) atoms. The van der Waals surface area contributed by atoms with Crippen LogP contribution in [-0.2, 0) is 11.2 Å². The molecular weight excluding hydrogens is 347 g/mol. The topological polar surface area (TPSA) is 106 Å². The van der Waals surface area contributed by atoms with Gasteiger partial charge in [-0.05, 0) is 35.9 Å². The number of pyridine rings is 3. The van der Waals surface area contributed by atoms with Gasteiger partial charge in [-0.2, -0.15) is 0 Å². The van der Waals surface area contributed by atoms with E-state index in [0.29, 0.717) is 17.0 Å². The van der Waals surface area contributed by atoms with Crippen LogP contribution < -0.4 is 16.4 Å². The summed E-state index contributed by atoms with van der Waals surface area (Å²) in [6, 6.07) is 3.65. The molecule has 2 atom stereocenters. The Morgan fingerprint density at radius 3 is 2.96 bits per heavy atom. The van der Waals surface area contributed by atoms with E-state index >= 15 is 0 Å². The van der Waals surface area contributed by atoms with Gasteiger partial charge >= 0.3 is 0 Å². The Bertz CT molecular complexity index is 1090. The predicted molar refractivity (Wildman–Crippen MR) is 101 cm³/mol. The third-order valence-corrected chi connectivity index (χ3v) is 5.07. The fraction of sp³-hybridized carbons (Fsp3) is 0.263. The molecule has 0 bridgehead atoms. The summed E-state index contributed by atoms with van der Waals surface area (Å²) in [7, 11) is 0. The lowest BCUT2D eigenvalue weighted by atomic mass is 10.0. The van der Waals surface area contributed by atoms with Crippen LogP contribution in [0.4, 0.5) is 21.7 Å². The number of carbonyl (C=O) groups is 1. The summed E-state index contributed by atoms with van der Waals surface area (Å²) in [6.45, 7) is 0.869. The molecule has 8 heteroatoms. The van der Waals surface area contributed by atoms with E-state index in [9.17, 15) is 9.18 Å². The Balaban J connectivity index is 1.55. The normalized spacial score (nSPS) is 20.2. The van der Waals surface area contributed by atoms with Crippen LogP contribution in [0.1, 0.15) is 12.0 Å². The van der Waals surface area contributed by atoms with Crippen molar-refractivity contribution in [2.75, 3.05) is 22.9 Å². The quantitative estimate of drug-likeness (QED) is 0.659. The van der Waals surface area contributed by atoms with E-state index in [-0.39, 0.29) is 12.3 Å². The smallest absolute Gasteiger partial charge is 0.231 e. The molecule has 1 amide bonds. The van der Waals surface area contributed by atoms with Gasteiger partial charge in [-0.3, -0.25) is 9.78 Å². The minimum absolute atomic E-state index is 0.278. The van der Waals surface area contributed by atoms with E-state index in [1.807, 2.05) is 12.3 Å². The van der Waals surface area contributed by atoms with Gasteiger partial charge in [-0.15, -0.1) is 0 Å². The van der Waals surface area contributed by atoms with Crippen LogP contribution in [0.2, 0.25) is 0 Å². The molecule has 1 aliphatic carbocycles. The summed E-state index contributed by atoms with van der Waals surface area (Å²) in [4.78, 5) is 25.0. The minimum atomic E-state index is -1.04. The number of fused-ring (bicyclic) bond motifs is 2. The first-order valence-corrected chi connectivity index (χ1v) is 8.82. The number of hydrogen-bond acceptors (Lipinski definition) is 6. The molecule has 5 rings (SSSR count). The Morgan fingerprint density at radius 2 is 2.15 bits per heavy atom. The average molecular weight is 364 g/mol. The molecule has 3 aromatic rings. The standard InChI is InChI=1S/C19H17FN6O/c20-14-5-11(14)19(27)26-17-4-9-3-15(25-18(21)12(9)7-24-17)13-6-22-8-16-10(13)1-2-23-16/h3-4,6-8,11,14,23H,1-2,5H2,(H2,21,25)(H,24,26,27)/t11-,14+/m0/s1. The zero-order valence-electron chi connectivity index (χ0n) is 14.4. The number of amides is 1. The van der Waals surface area contributed by atoms with Crippen LogP contribution in [0.15, 0.2) is 30.7 Å². The van der Waals surface area contributed by atoms with E-state index in [0.717, 1.165) is 35.3 Å². The van der Waals surface area contributed by atoms with E-state index in [1.54, 1.807) is 18.5 Å². The molecule has 0 aromatic carbocycles. The Morgan fingerprint density at radius 1 is 1.30 bits per heavy atom. The SMILES string of the molecule is Nc1nc(-c2cncc3c2CCN3)cc2cc(NC(=O)[C@H]3C[C@H]3F)ncc12. The van der Waals surface area contributed by atoms with Gasteiger partial charge in [0.2, 0.25) is 5.91 Å². The van der Waals surface area contributed by atoms with Crippen molar-refractivity contribution >= 4 is 34.0 Å². The van der Waals surface area contributed by atoms with Crippen LogP contribution in [0.3, 0.4) is 0 Å². The third kappa shape index (κ3) is 2.73. The highest BCUT2D eigenvalue weighted by Crippen LogP contribution is 2.36. The zero-order chi connectivity index (χ0) is 18.5. The number of hydrogen-bond donors (Lipinski definition) is 3. The van der Waals surface area contributed by atoms with E-state index < -0.39 is 12.1 Å². The number of anilines is 3. The Kier molecular flexibility index (Phi) is 3.46. The number of aromatic nitrogens is 3. The molecule has 1 saturated carbocycles. The maximum Gasteiger partial charge on any atom is 0.231 e. The van der Waals surface area contributed by atoms with Crippen molar-refractivity contribution in [3.63, 3.8) is 0 Å². The number of nitrogen functional groups attached to an aromatic ring is 1. The number of nitrogens with two attached hydrogens (primary N) is 1. The van der Waals surface area contributed by atoms with Crippen molar-refractivity contribution in [3.05, 3.63) is 36.3 Å². The van der Waals surface area contributed by atoms with E-state index in [2.05, 4.69) is 25.6 Å². The van der Waals surface area contributed by atoms with Crippen molar-refractivity contribution in [1.29, 1.82) is 0 Å². The highest BCUT2D eigenvalue weighted by atomic mass is 19.1. The van der Waals surface area contributed by atoms with Crippen LogP contribution in [0.5, 0.6) is 0 Å². The molecule has 0 saturated heterocycles. The molecule has 0 radical (unpaired) electrons. The fourth-order valence-corrected chi connectivity index (χ4v) is 3.49. The van der Waals surface area contributed by atoms with Crippen molar-refractivity contribution in [2.24, 2.45) is 5.92 Å². The van der Waals surface area contributed by atoms with Gasteiger partial charge in [0.05, 0.1) is 23.5 Å². The highest BCUT2D eigenvalue weighted by Gasteiger charge is 2.43. The highest BCUT2D eigenvalue weighted by molar-refractivity contribution is 5.98. The molecule has 2 aliphatic rings. The average Bonchev–Trinajstić information content (AvgIpc) is 3.20. The maximum atomic E-state index is 13.1. The molecule has 4 heterocycles. The molecule has 1 aliphatic heterocycles. The predicted octanol–water partition coefficient (Wildman–Crippen LogP) is 2.54. The van der Waals surface area contributed by atoms with Gasteiger partial charge in [0.25, 0.3) is 0 Å². The van der Waals surface area contributed by atoms with Crippen LogP contribution in [0.25, 0.3) is 22.0 Å². The number of halogens is 1. The lowest BCUT2D eigenvalue weighted by molar-refractivity contribution is -0.117. The summed E-state index contributed by atoms with van der Waals surface area (Å²) in [5.41, 5.74) is 9.99. The van der Waals surface area contributed by atoms with E-state index in [4.69, 9.17) is 5.73 Å². The summed E-state index contributed by atoms with van der Waals surface area (Å²) in [6.07, 6.45) is 5.31. The summed E-state index contributed by atoms with van der Waals surface area (Å²) >= 11 is 0. The molecular formula is C19H17FN6O. The first-order chi connectivity index (χ1) is 13.1. The maximum absolute atomic E-state index is 13.1. The van der Waals surface area contributed by atoms with Crippen molar-refractivity contribution in [3.8, 4) is 11.3 Å². The summed E-state index contributed by atoms with van der Waals surface area (Å²) in [5, 5.41) is 7.48. The number of nitrogens with one attached hydrogen (secondary N) is 2. The third-order valence-electron chi connectivity index (χ3n) is 5.07. The fourth-order valence-electron chi connectivity index (χ4n) is 3.49. The van der Waals surface area contributed by atoms with Gasteiger partial charge in [0.1, 0.15) is 17.8 Å². The first kappa shape index (κ1) is 15.9. The molecule has 1 fully saturated rings. The largest absolute Gasteiger partial charge is 0.383 e. The molecule has 0 unspecified atom stereocenters. The van der Waals surface area contributed by atoms with Gasteiger partial charge in [-0.25, -0.2) is 14.4 Å². The molecule has 3 aromatic heterocycles. The molecule has 4 N–H and O–H groups in total. The monoisotopic (exact) mass is 364 g/mol. The van der Waals surface area contributed by atoms with Gasteiger partial charge in [0.15, 0.2) is 0 Å². The van der Waals surface area contributed by atoms with Gasteiger partial charge in [-0.1, -0.05) is 0 Å². The minimum Gasteiger partial charge on any atom is -0.383 e. The number of rotatable bonds is 3. The van der Waals surface area contributed by atoms with Gasteiger partial charge in [0, 0.05) is 29.9 Å². The van der Waals surface area contributed by atoms with Gasteiger partial charge < -0.3 is 16.4 Å². The lowest BCUT2D eigenvalue weighted by Crippen LogP contribution is -2.15. The number of nitrogens with zero attached hydrogens (tertiary/aromatic N) is 3. The van der Waals surface area contributed by atoms with Crippen molar-refractivity contribution in [1.82, 2.24) is 15.0 Å². The molecule has 136 valence electrons. The van der Waals surface area contributed by atoms with E-state index in [1.165, 1.54) is 5.56 Å². The van der Waals surface area contributed by atoms with Crippen LogP contribution in [0, 0.1) is 5.92 Å². The second-order valence-electron chi connectivity index (χ2n) is 6.92. The zero-order valence-corrected chi connectivity index (χ0v) is 14.4. The number of carbonyl (C=O) groups excluding carboxylic acids is 1.